The van der Waals surface area contributed by atoms with Crippen LogP contribution in [0.1, 0.15) is 32.1 Å². The molecule has 1 aliphatic rings. The maximum Gasteiger partial charge on any atom is 0.234 e. The normalized spacial score (nSPS) is 27.7. The predicted octanol–water partition coefficient (Wildman–Crippen LogP) is 1.57. The molecule has 1 fully saturated rings. The lowest BCUT2D eigenvalue weighted by molar-refractivity contribution is -0.121. The molecule has 72 valence electrons. The van der Waals surface area contributed by atoms with Gasteiger partial charge in [0.1, 0.15) is 6.42 Å². The Labute approximate surface area is 83.1 Å². The fourth-order valence-electron chi connectivity index (χ4n) is 1.58. The molecule has 0 aromatic carbocycles. The summed E-state index contributed by atoms with van der Waals surface area (Å²) in [6, 6.07) is 1.88. The van der Waals surface area contributed by atoms with E-state index < -0.39 is 0 Å². The van der Waals surface area contributed by atoms with Crippen LogP contribution in [0, 0.1) is 11.3 Å². The van der Waals surface area contributed by atoms with Crippen molar-refractivity contribution in [1.82, 2.24) is 5.32 Å². The molecule has 4 heteroatoms. The minimum atomic E-state index is -0.208. The average Bonchev–Trinajstić information content (AvgIpc) is 2.09. The Morgan fingerprint density at radius 1 is 1.54 bits per heavy atom. The maximum absolute atomic E-state index is 11.1. The van der Waals surface area contributed by atoms with Gasteiger partial charge in [-0.3, -0.25) is 4.79 Å². The van der Waals surface area contributed by atoms with E-state index >= 15 is 0 Å². The third kappa shape index (κ3) is 3.23. The van der Waals surface area contributed by atoms with Crippen LogP contribution in [-0.4, -0.2) is 17.3 Å². The predicted molar refractivity (Wildman–Crippen MR) is 50.3 cm³/mol. The van der Waals surface area contributed by atoms with Crippen LogP contribution in [0.4, 0.5) is 0 Å². The van der Waals surface area contributed by atoms with Gasteiger partial charge in [0.25, 0.3) is 0 Å². The third-order valence-electron chi connectivity index (χ3n) is 2.27. The number of amides is 1. The first-order chi connectivity index (χ1) is 6.24. The number of alkyl halides is 1. The van der Waals surface area contributed by atoms with Gasteiger partial charge in [-0.15, -0.1) is 11.6 Å². The summed E-state index contributed by atoms with van der Waals surface area (Å²) in [4.78, 5) is 11.1. The molecule has 0 saturated heterocycles. The highest BCUT2D eigenvalue weighted by atomic mass is 35.5. The first kappa shape index (κ1) is 10.3. The second-order valence-electron chi connectivity index (χ2n) is 3.31. The molecule has 2 atom stereocenters. The Balaban J connectivity index is 2.34. The number of carbonyl (C=O) groups is 1. The minimum Gasteiger partial charge on any atom is -0.351 e. The Bertz CT molecular complexity index is 224. The first-order valence-corrected chi connectivity index (χ1v) is 4.98. The van der Waals surface area contributed by atoms with Crippen molar-refractivity contribution in [2.24, 2.45) is 0 Å². The zero-order chi connectivity index (χ0) is 9.68. The number of nitrogens with one attached hydrogen (secondary N) is 1. The lowest BCUT2D eigenvalue weighted by Crippen LogP contribution is -2.42. The van der Waals surface area contributed by atoms with Crippen LogP contribution in [0.2, 0.25) is 0 Å². The smallest absolute Gasteiger partial charge is 0.234 e. The zero-order valence-corrected chi connectivity index (χ0v) is 8.18. The van der Waals surface area contributed by atoms with Gasteiger partial charge in [0.2, 0.25) is 5.91 Å². The molecule has 3 nitrogen and oxygen atoms in total. The SMILES string of the molecule is N#CCC(=O)NC1CCCCC1Cl. The number of hydrogen-bond donors (Lipinski definition) is 1. The molecular formula is C9H13ClN2O. The van der Waals surface area contributed by atoms with Crippen molar-refractivity contribution in [3.05, 3.63) is 0 Å². The van der Waals surface area contributed by atoms with Crippen LogP contribution in [0.25, 0.3) is 0 Å². The maximum atomic E-state index is 11.1. The summed E-state index contributed by atoms with van der Waals surface area (Å²) in [5.41, 5.74) is 0. The first-order valence-electron chi connectivity index (χ1n) is 4.54. The van der Waals surface area contributed by atoms with Gasteiger partial charge < -0.3 is 5.32 Å². The van der Waals surface area contributed by atoms with Crippen LogP contribution in [0.3, 0.4) is 0 Å². The molecule has 13 heavy (non-hydrogen) atoms. The van der Waals surface area contributed by atoms with Crippen LogP contribution in [0.5, 0.6) is 0 Å². The van der Waals surface area contributed by atoms with Gasteiger partial charge >= 0.3 is 0 Å². The average molecular weight is 201 g/mol. The van der Waals surface area contributed by atoms with Crippen LogP contribution >= 0.6 is 11.6 Å². The number of nitriles is 1. The van der Waals surface area contributed by atoms with E-state index in [2.05, 4.69) is 5.32 Å². The summed E-state index contributed by atoms with van der Waals surface area (Å²) < 4.78 is 0. The van der Waals surface area contributed by atoms with E-state index in [1.807, 2.05) is 6.07 Å². The lowest BCUT2D eigenvalue weighted by atomic mass is 9.95. The summed E-state index contributed by atoms with van der Waals surface area (Å²) in [5.74, 6) is -0.208. The summed E-state index contributed by atoms with van der Waals surface area (Å²) in [6.45, 7) is 0. The Kier molecular flexibility index (Phi) is 4.04. The van der Waals surface area contributed by atoms with Crippen molar-refractivity contribution in [3.8, 4) is 6.07 Å². The van der Waals surface area contributed by atoms with Crippen molar-refractivity contribution in [3.63, 3.8) is 0 Å². The minimum absolute atomic E-state index is 0.0383. The summed E-state index contributed by atoms with van der Waals surface area (Å²) in [5, 5.41) is 11.1. The topological polar surface area (TPSA) is 52.9 Å². The van der Waals surface area contributed by atoms with Gasteiger partial charge in [-0.2, -0.15) is 5.26 Å². The second kappa shape index (κ2) is 5.08. The number of rotatable bonds is 2. The van der Waals surface area contributed by atoms with Crippen LogP contribution in [0.15, 0.2) is 0 Å². The standard InChI is InChI=1S/C9H13ClN2O/c10-7-3-1-2-4-8(7)12-9(13)5-6-11/h7-8H,1-5H2,(H,12,13). The summed E-state index contributed by atoms with van der Waals surface area (Å²) >= 11 is 6.03. The van der Waals surface area contributed by atoms with E-state index in [0.717, 1.165) is 25.7 Å². The summed E-state index contributed by atoms with van der Waals surface area (Å²) in [6.07, 6.45) is 4.07. The molecule has 0 bridgehead atoms. The molecule has 0 spiro atoms. The molecule has 0 aromatic heterocycles. The van der Waals surface area contributed by atoms with E-state index in [1.165, 1.54) is 0 Å². The molecule has 0 aliphatic heterocycles. The molecule has 1 amide bonds. The number of halogens is 1. The van der Waals surface area contributed by atoms with Crippen molar-refractivity contribution < 1.29 is 4.79 Å². The largest absolute Gasteiger partial charge is 0.351 e. The molecule has 0 heterocycles. The van der Waals surface area contributed by atoms with Crippen molar-refractivity contribution in [1.29, 1.82) is 5.26 Å². The molecule has 0 radical (unpaired) electrons. The summed E-state index contributed by atoms with van der Waals surface area (Å²) in [7, 11) is 0. The Morgan fingerprint density at radius 3 is 2.85 bits per heavy atom. The molecule has 1 aliphatic carbocycles. The number of hydrogen-bond acceptors (Lipinski definition) is 2. The van der Waals surface area contributed by atoms with Crippen molar-refractivity contribution in [2.75, 3.05) is 0 Å². The number of carbonyl (C=O) groups excluding carboxylic acids is 1. The van der Waals surface area contributed by atoms with Gasteiger partial charge in [-0.05, 0) is 12.8 Å². The van der Waals surface area contributed by atoms with E-state index in [4.69, 9.17) is 16.9 Å². The molecular weight excluding hydrogens is 188 g/mol. The van der Waals surface area contributed by atoms with Gasteiger partial charge in [-0.1, -0.05) is 12.8 Å². The van der Waals surface area contributed by atoms with Crippen molar-refractivity contribution in [2.45, 2.75) is 43.5 Å². The molecule has 1 saturated carbocycles. The van der Waals surface area contributed by atoms with Crippen LogP contribution in [-0.2, 0) is 4.79 Å². The van der Waals surface area contributed by atoms with E-state index in [9.17, 15) is 4.79 Å². The third-order valence-corrected chi connectivity index (χ3v) is 2.79. The molecule has 2 unspecified atom stereocenters. The fourth-order valence-corrected chi connectivity index (χ4v) is 1.92. The van der Waals surface area contributed by atoms with Gasteiger partial charge in [-0.25, -0.2) is 0 Å². The number of nitrogens with zero attached hydrogens (tertiary/aromatic N) is 1. The highest BCUT2D eigenvalue weighted by Gasteiger charge is 2.24. The Hall–Kier alpha value is -0.750. The highest BCUT2D eigenvalue weighted by molar-refractivity contribution is 6.21. The van der Waals surface area contributed by atoms with Gasteiger partial charge in [0, 0.05) is 6.04 Å². The highest BCUT2D eigenvalue weighted by Crippen LogP contribution is 2.22. The van der Waals surface area contributed by atoms with E-state index in [1.54, 1.807) is 0 Å². The quantitative estimate of drug-likeness (QED) is 0.688. The molecule has 0 aromatic rings. The zero-order valence-electron chi connectivity index (χ0n) is 7.42. The van der Waals surface area contributed by atoms with E-state index in [0.29, 0.717) is 0 Å². The second-order valence-corrected chi connectivity index (χ2v) is 3.87. The monoisotopic (exact) mass is 200 g/mol. The lowest BCUT2D eigenvalue weighted by Gasteiger charge is -2.27. The van der Waals surface area contributed by atoms with Crippen LogP contribution < -0.4 is 5.32 Å². The van der Waals surface area contributed by atoms with Gasteiger partial charge in [0.05, 0.1) is 11.4 Å². The molecule has 1 rings (SSSR count). The van der Waals surface area contributed by atoms with Gasteiger partial charge in [0.15, 0.2) is 0 Å². The van der Waals surface area contributed by atoms with Crippen molar-refractivity contribution >= 4 is 17.5 Å². The fraction of sp³-hybridized carbons (Fsp3) is 0.778. The Morgan fingerprint density at radius 2 is 2.23 bits per heavy atom. The van der Waals surface area contributed by atoms with E-state index in [-0.39, 0.29) is 23.7 Å². The molecule has 1 N–H and O–H groups in total.